The number of allylic oxidation sites excluding steroid dienone is 3. The first-order valence-electron chi connectivity index (χ1n) is 9.31. The average molecular weight is 325 g/mol. The van der Waals surface area contributed by atoms with Crippen LogP contribution in [0, 0.1) is 0 Å². The van der Waals surface area contributed by atoms with E-state index in [1.165, 1.54) is 49.7 Å². The summed E-state index contributed by atoms with van der Waals surface area (Å²) in [6.45, 7) is 4.56. The van der Waals surface area contributed by atoms with Crippen molar-refractivity contribution in [2.24, 2.45) is 5.73 Å². The third-order valence-electron chi connectivity index (χ3n) is 5.07. The highest BCUT2D eigenvalue weighted by Crippen LogP contribution is 2.34. The van der Waals surface area contributed by atoms with E-state index in [0.29, 0.717) is 0 Å². The zero-order valence-electron chi connectivity index (χ0n) is 15.2. The molecule has 130 valence electrons. The molecule has 2 rings (SSSR count). The van der Waals surface area contributed by atoms with Crippen LogP contribution in [0.5, 0.6) is 0 Å². The normalized spacial score (nSPS) is 20.0. The first-order chi connectivity index (χ1) is 11.6. The Morgan fingerprint density at radius 3 is 2.42 bits per heavy atom. The van der Waals surface area contributed by atoms with Gasteiger partial charge in [-0.3, -0.25) is 4.79 Å². The van der Waals surface area contributed by atoms with E-state index in [4.69, 9.17) is 5.73 Å². The fourth-order valence-corrected chi connectivity index (χ4v) is 3.26. The Morgan fingerprint density at radius 1 is 1.12 bits per heavy atom. The van der Waals surface area contributed by atoms with Crippen LogP contribution in [0.1, 0.15) is 63.5 Å². The topological polar surface area (TPSA) is 43.1 Å². The molecular weight excluding hydrogens is 294 g/mol. The second kappa shape index (κ2) is 8.98. The van der Waals surface area contributed by atoms with E-state index in [1.807, 2.05) is 12.2 Å². The number of benzene rings is 1. The molecule has 1 unspecified atom stereocenters. The SMILES string of the molecule is CCCCCCCc1ccc(C2(C)C=CC(C(=O)CN)=CC2)cc1. The van der Waals surface area contributed by atoms with Crippen LogP contribution in [0.2, 0.25) is 0 Å². The number of carbonyl (C=O) groups is 1. The molecule has 1 aliphatic rings. The number of hydrogen-bond acceptors (Lipinski definition) is 2. The first-order valence-corrected chi connectivity index (χ1v) is 9.31. The Labute approximate surface area is 146 Å². The van der Waals surface area contributed by atoms with Gasteiger partial charge in [0.05, 0.1) is 6.54 Å². The van der Waals surface area contributed by atoms with Crippen molar-refractivity contribution in [2.75, 3.05) is 6.54 Å². The number of nitrogens with two attached hydrogens (primary N) is 1. The predicted molar refractivity (Wildman–Crippen MR) is 102 cm³/mol. The number of unbranched alkanes of at least 4 members (excludes halogenated alkanes) is 4. The van der Waals surface area contributed by atoms with Crippen LogP contribution in [0.4, 0.5) is 0 Å². The molecule has 2 nitrogen and oxygen atoms in total. The molecule has 0 fully saturated rings. The van der Waals surface area contributed by atoms with E-state index < -0.39 is 0 Å². The van der Waals surface area contributed by atoms with E-state index in [0.717, 1.165) is 12.0 Å². The highest BCUT2D eigenvalue weighted by atomic mass is 16.1. The van der Waals surface area contributed by atoms with Gasteiger partial charge < -0.3 is 5.73 Å². The fraction of sp³-hybridized carbons (Fsp3) is 0.500. The standard InChI is InChI=1S/C22H31NO/c1-3-4-5-6-7-8-18-9-11-20(12-10-18)22(2)15-13-19(14-16-22)21(24)17-23/h9-15H,3-8,16-17,23H2,1-2H3. The van der Waals surface area contributed by atoms with Crippen LogP contribution in [-0.4, -0.2) is 12.3 Å². The smallest absolute Gasteiger partial charge is 0.176 e. The molecule has 0 spiro atoms. The molecule has 0 amide bonds. The van der Waals surface area contributed by atoms with Gasteiger partial charge in [0.15, 0.2) is 5.78 Å². The summed E-state index contributed by atoms with van der Waals surface area (Å²) >= 11 is 0. The number of Topliss-reactive ketones (excluding diaryl/α,β-unsaturated/α-hetero) is 1. The Hall–Kier alpha value is -1.67. The molecule has 0 aliphatic heterocycles. The number of rotatable bonds is 9. The van der Waals surface area contributed by atoms with Gasteiger partial charge in [0.25, 0.3) is 0 Å². The Bertz CT molecular complexity index is 597. The molecule has 0 bridgehead atoms. The third-order valence-corrected chi connectivity index (χ3v) is 5.07. The molecule has 0 saturated heterocycles. The molecule has 0 heterocycles. The minimum Gasteiger partial charge on any atom is -0.324 e. The van der Waals surface area contributed by atoms with Crippen LogP contribution in [0.3, 0.4) is 0 Å². The van der Waals surface area contributed by atoms with Crippen LogP contribution < -0.4 is 5.73 Å². The number of hydrogen-bond donors (Lipinski definition) is 1. The molecule has 0 radical (unpaired) electrons. The van der Waals surface area contributed by atoms with Crippen molar-refractivity contribution >= 4 is 5.78 Å². The van der Waals surface area contributed by atoms with Crippen LogP contribution in [0.15, 0.2) is 48.1 Å². The van der Waals surface area contributed by atoms with Gasteiger partial charge >= 0.3 is 0 Å². The summed E-state index contributed by atoms with van der Waals surface area (Å²) < 4.78 is 0. The average Bonchev–Trinajstić information content (AvgIpc) is 2.62. The quantitative estimate of drug-likeness (QED) is 0.658. The molecule has 1 atom stereocenters. The summed E-state index contributed by atoms with van der Waals surface area (Å²) in [7, 11) is 0. The van der Waals surface area contributed by atoms with Crippen molar-refractivity contribution in [3.63, 3.8) is 0 Å². The fourth-order valence-electron chi connectivity index (χ4n) is 3.26. The predicted octanol–water partition coefficient (Wildman–Crippen LogP) is 4.87. The van der Waals surface area contributed by atoms with Crippen molar-refractivity contribution in [1.82, 2.24) is 0 Å². The van der Waals surface area contributed by atoms with Gasteiger partial charge in [-0.25, -0.2) is 0 Å². The molecule has 0 aromatic heterocycles. The highest BCUT2D eigenvalue weighted by molar-refractivity contribution is 5.99. The van der Waals surface area contributed by atoms with Crippen molar-refractivity contribution in [3.8, 4) is 0 Å². The Morgan fingerprint density at radius 2 is 1.83 bits per heavy atom. The van der Waals surface area contributed by atoms with Crippen molar-refractivity contribution in [1.29, 1.82) is 0 Å². The summed E-state index contributed by atoms with van der Waals surface area (Å²) in [4.78, 5) is 11.7. The molecule has 1 aromatic rings. The second-order valence-corrected chi connectivity index (χ2v) is 7.10. The summed E-state index contributed by atoms with van der Waals surface area (Å²) in [6.07, 6.45) is 14.7. The van der Waals surface area contributed by atoms with Gasteiger partial charge in [0, 0.05) is 11.0 Å². The lowest BCUT2D eigenvalue weighted by Crippen LogP contribution is -2.23. The van der Waals surface area contributed by atoms with Gasteiger partial charge in [-0.1, -0.05) is 82.0 Å². The van der Waals surface area contributed by atoms with Crippen molar-refractivity contribution < 1.29 is 4.79 Å². The monoisotopic (exact) mass is 325 g/mol. The van der Waals surface area contributed by atoms with Crippen molar-refractivity contribution in [3.05, 3.63) is 59.2 Å². The second-order valence-electron chi connectivity index (χ2n) is 7.10. The Balaban J connectivity index is 1.92. The largest absolute Gasteiger partial charge is 0.324 e. The molecule has 1 aliphatic carbocycles. The van der Waals surface area contributed by atoms with E-state index in [9.17, 15) is 4.79 Å². The highest BCUT2D eigenvalue weighted by Gasteiger charge is 2.25. The third kappa shape index (κ3) is 4.91. The van der Waals surface area contributed by atoms with E-state index in [-0.39, 0.29) is 17.7 Å². The van der Waals surface area contributed by atoms with E-state index >= 15 is 0 Å². The lowest BCUT2D eigenvalue weighted by molar-refractivity contribution is -0.114. The van der Waals surface area contributed by atoms with Crippen LogP contribution >= 0.6 is 0 Å². The zero-order chi connectivity index (χ0) is 17.4. The summed E-state index contributed by atoms with van der Waals surface area (Å²) in [5, 5.41) is 0. The van der Waals surface area contributed by atoms with Gasteiger partial charge in [0.1, 0.15) is 0 Å². The number of aryl methyl sites for hydroxylation is 1. The molecule has 1 aromatic carbocycles. The Kier molecular flexibility index (Phi) is 6.99. The maximum atomic E-state index is 11.7. The molecule has 0 saturated carbocycles. The summed E-state index contributed by atoms with van der Waals surface area (Å²) in [5.74, 6) is 0.0201. The van der Waals surface area contributed by atoms with Crippen LogP contribution in [0.25, 0.3) is 0 Å². The lowest BCUT2D eigenvalue weighted by atomic mass is 9.75. The van der Waals surface area contributed by atoms with Gasteiger partial charge in [-0.05, 0) is 30.4 Å². The van der Waals surface area contributed by atoms with Gasteiger partial charge in [-0.15, -0.1) is 0 Å². The van der Waals surface area contributed by atoms with Gasteiger partial charge in [0.2, 0.25) is 0 Å². The maximum Gasteiger partial charge on any atom is 0.176 e. The van der Waals surface area contributed by atoms with E-state index in [1.54, 1.807) is 0 Å². The minimum atomic E-state index is -0.0297. The summed E-state index contributed by atoms with van der Waals surface area (Å²) in [6, 6.07) is 9.02. The van der Waals surface area contributed by atoms with Gasteiger partial charge in [-0.2, -0.15) is 0 Å². The molecule has 2 N–H and O–H groups in total. The van der Waals surface area contributed by atoms with Crippen LogP contribution in [-0.2, 0) is 16.6 Å². The first kappa shape index (κ1) is 18.7. The number of carbonyl (C=O) groups excluding carboxylic acids is 1. The maximum absolute atomic E-state index is 11.7. The molecule has 2 heteroatoms. The minimum absolute atomic E-state index is 0.0201. The van der Waals surface area contributed by atoms with Crippen molar-refractivity contribution in [2.45, 2.75) is 64.2 Å². The lowest BCUT2D eigenvalue weighted by Gasteiger charge is -2.28. The molecule has 24 heavy (non-hydrogen) atoms. The number of ketones is 1. The molecular formula is C22H31NO. The summed E-state index contributed by atoms with van der Waals surface area (Å²) in [5.41, 5.74) is 8.89. The zero-order valence-corrected chi connectivity index (χ0v) is 15.2. The van der Waals surface area contributed by atoms with E-state index in [2.05, 4.69) is 44.2 Å².